The number of aromatic nitrogens is 2. The van der Waals surface area contributed by atoms with Crippen molar-refractivity contribution in [3.63, 3.8) is 0 Å². The van der Waals surface area contributed by atoms with Gasteiger partial charge in [0.2, 0.25) is 0 Å². The SMILES string of the molecule is CCCNC(Cc1c(Cl)c(C)nn1C)C(C)C(C)C. The molecule has 0 bridgehead atoms. The van der Waals surface area contributed by atoms with Gasteiger partial charge in [-0.3, -0.25) is 4.68 Å². The number of nitrogens with zero attached hydrogens (tertiary/aromatic N) is 2. The van der Waals surface area contributed by atoms with Crippen molar-refractivity contribution in [1.82, 2.24) is 15.1 Å². The Balaban J connectivity index is 2.87. The van der Waals surface area contributed by atoms with Crippen molar-refractivity contribution < 1.29 is 0 Å². The van der Waals surface area contributed by atoms with Crippen LogP contribution in [0.2, 0.25) is 5.02 Å². The van der Waals surface area contributed by atoms with Crippen LogP contribution in [0.1, 0.15) is 45.5 Å². The van der Waals surface area contributed by atoms with E-state index in [1.54, 1.807) is 0 Å². The molecule has 19 heavy (non-hydrogen) atoms. The van der Waals surface area contributed by atoms with E-state index >= 15 is 0 Å². The molecule has 0 saturated carbocycles. The van der Waals surface area contributed by atoms with Crippen molar-refractivity contribution in [2.24, 2.45) is 18.9 Å². The van der Waals surface area contributed by atoms with E-state index in [4.69, 9.17) is 11.6 Å². The molecular weight excluding hydrogens is 258 g/mol. The molecule has 0 aromatic carbocycles. The number of rotatable bonds is 7. The summed E-state index contributed by atoms with van der Waals surface area (Å²) in [5.41, 5.74) is 2.06. The predicted octanol–water partition coefficient (Wildman–Crippen LogP) is 3.58. The average Bonchev–Trinajstić information content (AvgIpc) is 2.59. The smallest absolute Gasteiger partial charge is 0.0847 e. The Morgan fingerprint density at radius 2 is 1.95 bits per heavy atom. The van der Waals surface area contributed by atoms with Gasteiger partial charge in [-0.05, 0) is 31.7 Å². The molecule has 0 aliphatic carbocycles. The number of hydrogen-bond acceptors (Lipinski definition) is 2. The minimum atomic E-state index is 0.451. The van der Waals surface area contributed by atoms with Gasteiger partial charge in [0.15, 0.2) is 0 Å². The summed E-state index contributed by atoms with van der Waals surface area (Å²) in [6.07, 6.45) is 2.09. The normalized spacial score (nSPS) is 14.9. The lowest BCUT2D eigenvalue weighted by Gasteiger charge is -2.28. The summed E-state index contributed by atoms with van der Waals surface area (Å²) >= 11 is 6.37. The summed E-state index contributed by atoms with van der Waals surface area (Å²) in [5, 5.41) is 8.89. The quantitative estimate of drug-likeness (QED) is 0.830. The van der Waals surface area contributed by atoms with Gasteiger partial charge in [0.25, 0.3) is 0 Å². The zero-order valence-corrected chi connectivity index (χ0v) is 13.9. The fourth-order valence-electron chi connectivity index (χ4n) is 2.35. The van der Waals surface area contributed by atoms with Crippen molar-refractivity contribution in [3.8, 4) is 0 Å². The fraction of sp³-hybridized carbons (Fsp3) is 0.800. The minimum Gasteiger partial charge on any atom is -0.313 e. The van der Waals surface area contributed by atoms with Gasteiger partial charge in [-0.2, -0.15) is 5.10 Å². The second-order valence-electron chi connectivity index (χ2n) is 5.84. The van der Waals surface area contributed by atoms with Crippen molar-refractivity contribution in [2.45, 2.75) is 53.5 Å². The molecule has 0 aliphatic heterocycles. The van der Waals surface area contributed by atoms with Gasteiger partial charge in [-0.25, -0.2) is 0 Å². The van der Waals surface area contributed by atoms with E-state index in [-0.39, 0.29) is 0 Å². The van der Waals surface area contributed by atoms with Gasteiger partial charge in [-0.15, -0.1) is 0 Å². The van der Waals surface area contributed by atoms with E-state index < -0.39 is 0 Å². The largest absolute Gasteiger partial charge is 0.313 e. The molecule has 0 fully saturated rings. The Morgan fingerprint density at radius 1 is 1.32 bits per heavy atom. The zero-order chi connectivity index (χ0) is 14.6. The lowest BCUT2D eigenvalue weighted by atomic mass is 9.87. The molecule has 1 aromatic heterocycles. The monoisotopic (exact) mass is 285 g/mol. The molecule has 0 spiro atoms. The molecule has 1 aromatic rings. The zero-order valence-electron chi connectivity index (χ0n) is 13.1. The van der Waals surface area contributed by atoms with Crippen molar-refractivity contribution in [1.29, 1.82) is 0 Å². The first-order valence-electron chi connectivity index (χ1n) is 7.29. The molecule has 4 heteroatoms. The van der Waals surface area contributed by atoms with Crippen LogP contribution in [0.3, 0.4) is 0 Å². The Kier molecular flexibility index (Phi) is 6.34. The summed E-state index contributed by atoms with van der Waals surface area (Å²) in [5.74, 6) is 1.26. The molecule has 2 atom stereocenters. The third-order valence-corrected chi connectivity index (χ3v) is 4.51. The lowest BCUT2D eigenvalue weighted by molar-refractivity contribution is 0.293. The van der Waals surface area contributed by atoms with Crippen LogP contribution in [-0.4, -0.2) is 22.4 Å². The van der Waals surface area contributed by atoms with Crippen LogP contribution in [-0.2, 0) is 13.5 Å². The fourth-order valence-corrected chi connectivity index (χ4v) is 2.59. The molecule has 0 radical (unpaired) electrons. The molecule has 0 aliphatic rings. The molecule has 110 valence electrons. The van der Waals surface area contributed by atoms with E-state index in [2.05, 4.69) is 38.1 Å². The average molecular weight is 286 g/mol. The number of halogens is 1. The summed E-state index contributed by atoms with van der Waals surface area (Å²) in [6, 6.07) is 0.451. The van der Waals surface area contributed by atoms with Gasteiger partial charge in [0.1, 0.15) is 0 Å². The number of nitrogens with one attached hydrogen (secondary N) is 1. The molecular formula is C15H28ClN3. The molecule has 1 rings (SSSR count). The number of hydrogen-bond donors (Lipinski definition) is 1. The van der Waals surface area contributed by atoms with E-state index in [0.717, 1.165) is 35.8 Å². The maximum Gasteiger partial charge on any atom is 0.0847 e. The maximum atomic E-state index is 6.37. The van der Waals surface area contributed by atoms with Gasteiger partial charge < -0.3 is 5.32 Å². The third-order valence-electron chi connectivity index (χ3n) is 4.02. The molecule has 2 unspecified atom stereocenters. The van der Waals surface area contributed by atoms with Crippen LogP contribution >= 0.6 is 11.6 Å². The maximum absolute atomic E-state index is 6.37. The first-order chi connectivity index (χ1) is 8.88. The standard InChI is InChI=1S/C15H28ClN3/c1-7-8-17-13(11(4)10(2)3)9-14-15(16)12(5)18-19(14)6/h10-11,13,17H,7-9H2,1-6H3. The van der Waals surface area contributed by atoms with Crippen molar-refractivity contribution >= 4 is 11.6 Å². The van der Waals surface area contributed by atoms with E-state index in [1.165, 1.54) is 0 Å². The highest BCUT2D eigenvalue weighted by molar-refractivity contribution is 6.31. The molecule has 0 amide bonds. The van der Waals surface area contributed by atoms with E-state index in [9.17, 15) is 0 Å². The van der Waals surface area contributed by atoms with Gasteiger partial charge in [-0.1, -0.05) is 39.3 Å². The third kappa shape index (κ3) is 4.22. The Hall–Kier alpha value is -0.540. The Morgan fingerprint density at radius 3 is 2.37 bits per heavy atom. The van der Waals surface area contributed by atoms with Crippen molar-refractivity contribution in [3.05, 3.63) is 16.4 Å². The van der Waals surface area contributed by atoms with Gasteiger partial charge in [0, 0.05) is 19.5 Å². The molecule has 0 saturated heterocycles. The van der Waals surface area contributed by atoms with Crippen LogP contribution in [0.15, 0.2) is 0 Å². The number of aryl methyl sites for hydroxylation is 2. The Bertz CT molecular complexity index is 398. The van der Waals surface area contributed by atoms with Crippen molar-refractivity contribution in [2.75, 3.05) is 6.54 Å². The van der Waals surface area contributed by atoms with Crippen LogP contribution in [0.5, 0.6) is 0 Å². The Labute approximate surface area is 122 Å². The van der Waals surface area contributed by atoms with Crippen LogP contribution in [0.4, 0.5) is 0 Å². The van der Waals surface area contributed by atoms with Crippen LogP contribution in [0, 0.1) is 18.8 Å². The molecule has 1 heterocycles. The molecule has 3 nitrogen and oxygen atoms in total. The summed E-state index contributed by atoms with van der Waals surface area (Å²) in [6.45, 7) is 12.1. The summed E-state index contributed by atoms with van der Waals surface area (Å²) in [4.78, 5) is 0. The summed E-state index contributed by atoms with van der Waals surface area (Å²) in [7, 11) is 1.98. The highest BCUT2D eigenvalue weighted by Gasteiger charge is 2.23. The first kappa shape index (κ1) is 16.5. The molecule has 1 N–H and O–H groups in total. The summed E-state index contributed by atoms with van der Waals surface area (Å²) < 4.78 is 1.92. The topological polar surface area (TPSA) is 29.9 Å². The van der Waals surface area contributed by atoms with E-state index in [1.807, 2.05) is 18.7 Å². The van der Waals surface area contributed by atoms with Crippen LogP contribution in [0.25, 0.3) is 0 Å². The van der Waals surface area contributed by atoms with Gasteiger partial charge in [0.05, 0.1) is 16.4 Å². The predicted molar refractivity (Wildman–Crippen MR) is 82.7 cm³/mol. The van der Waals surface area contributed by atoms with Gasteiger partial charge >= 0.3 is 0 Å². The highest BCUT2D eigenvalue weighted by atomic mass is 35.5. The first-order valence-corrected chi connectivity index (χ1v) is 7.67. The van der Waals surface area contributed by atoms with Crippen LogP contribution < -0.4 is 5.32 Å². The highest BCUT2D eigenvalue weighted by Crippen LogP contribution is 2.24. The van der Waals surface area contributed by atoms with E-state index in [0.29, 0.717) is 17.9 Å². The minimum absolute atomic E-state index is 0.451. The second kappa shape index (κ2) is 7.30. The lowest BCUT2D eigenvalue weighted by Crippen LogP contribution is -2.40. The second-order valence-corrected chi connectivity index (χ2v) is 6.22.